The average molecular weight is 417 g/mol. The highest BCUT2D eigenvalue weighted by Gasteiger charge is 2.28. The van der Waals surface area contributed by atoms with Crippen molar-refractivity contribution < 1.29 is 8.94 Å². The van der Waals surface area contributed by atoms with Gasteiger partial charge in [-0.15, -0.1) is 11.3 Å². The molecule has 26 heavy (non-hydrogen) atoms. The molecule has 3 atom stereocenters. The van der Waals surface area contributed by atoms with Crippen LogP contribution in [-0.4, -0.2) is 40.6 Å². The molecule has 1 aromatic heterocycles. The molecule has 5 nitrogen and oxygen atoms in total. The molecular formula is C17H22ClFN4OS2. The van der Waals surface area contributed by atoms with Crippen LogP contribution in [0.4, 0.5) is 15.2 Å². The third-order valence-electron chi connectivity index (χ3n) is 4.57. The van der Waals surface area contributed by atoms with Gasteiger partial charge in [0.2, 0.25) is 10.0 Å². The van der Waals surface area contributed by atoms with Crippen molar-refractivity contribution in [2.75, 3.05) is 24.1 Å². The Morgan fingerprint density at radius 1 is 1.35 bits per heavy atom. The molecule has 0 bridgehead atoms. The zero-order valence-corrected chi connectivity index (χ0v) is 17.1. The van der Waals surface area contributed by atoms with E-state index in [2.05, 4.69) is 34.0 Å². The first-order chi connectivity index (χ1) is 12.5. The van der Waals surface area contributed by atoms with Gasteiger partial charge in [-0.05, 0) is 26.9 Å². The number of aromatic nitrogens is 1. The molecule has 142 valence electrons. The summed E-state index contributed by atoms with van der Waals surface area (Å²) in [6.07, 6.45) is 6.04. The lowest BCUT2D eigenvalue weighted by atomic mass is 9.89. The van der Waals surface area contributed by atoms with Crippen molar-refractivity contribution in [3.8, 4) is 0 Å². The Morgan fingerprint density at radius 3 is 2.81 bits per heavy atom. The molecule has 2 aromatic rings. The van der Waals surface area contributed by atoms with E-state index in [-0.39, 0.29) is 10.9 Å². The average Bonchev–Trinajstić information content (AvgIpc) is 3.11. The van der Waals surface area contributed by atoms with Gasteiger partial charge in [-0.1, -0.05) is 24.4 Å². The van der Waals surface area contributed by atoms with Crippen LogP contribution in [0, 0.1) is 5.82 Å². The Hall–Kier alpha value is -1.06. The van der Waals surface area contributed by atoms with E-state index in [1.54, 1.807) is 11.6 Å². The topological polar surface area (TPSA) is 63.2 Å². The highest BCUT2D eigenvalue weighted by Crippen LogP contribution is 2.32. The van der Waals surface area contributed by atoms with Crippen molar-refractivity contribution in [1.29, 1.82) is 0 Å². The lowest BCUT2D eigenvalue weighted by Crippen LogP contribution is -2.45. The predicted molar refractivity (Wildman–Crippen MR) is 107 cm³/mol. The van der Waals surface area contributed by atoms with Gasteiger partial charge in [0.05, 0.1) is 10.7 Å². The van der Waals surface area contributed by atoms with Crippen molar-refractivity contribution >= 4 is 45.1 Å². The molecule has 2 N–H and O–H groups in total. The van der Waals surface area contributed by atoms with Crippen LogP contribution in [0.2, 0.25) is 5.02 Å². The van der Waals surface area contributed by atoms with E-state index in [9.17, 15) is 8.94 Å². The minimum absolute atomic E-state index is 0.0172. The number of halogens is 2. The molecule has 0 saturated heterocycles. The third kappa shape index (κ3) is 4.61. The normalized spacial score (nSPS) is 21.6. The van der Waals surface area contributed by atoms with Crippen molar-refractivity contribution in [2.45, 2.75) is 42.7 Å². The number of hydrogen-bond acceptors (Lipinski definition) is 6. The Bertz CT molecular complexity index is 732. The summed E-state index contributed by atoms with van der Waals surface area (Å²) in [6.45, 7) is 0. The maximum absolute atomic E-state index is 14.6. The molecule has 1 aromatic carbocycles. The van der Waals surface area contributed by atoms with Gasteiger partial charge in [-0.25, -0.2) is 9.37 Å². The Kier molecular flexibility index (Phi) is 6.63. The van der Waals surface area contributed by atoms with E-state index in [1.807, 2.05) is 0 Å². The van der Waals surface area contributed by atoms with Crippen molar-refractivity contribution in [1.82, 2.24) is 9.88 Å². The zero-order valence-electron chi connectivity index (χ0n) is 14.7. The zero-order chi connectivity index (χ0) is 18.7. The number of nitrogens with zero attached hydrogens (tertiary/aromatic N) is 2. The van der Waals surface area contributed by atoms with Crippen LogP contribution >= 0.6 is 22.9 Å². The van der Waals surface area contributed by atoms with Crippen LogP contribution in [0.5, 0.6) is 0 Å². The fourth-order valence-corrected chi connectivity index (χ4v) is 5.14. The number of thiazole rings is 1. The summed E-state index contributed by atoms with van der Waals surface area (Å²) in [5, 5.41) is 5.97. The second-order valence-electron chi connectivity index (χ2n) is 6.54. The molecule has 3 rings (SSSR count). The number of nitrogens with one attached hydrogen (secondary N) is 2. The van der Waals surface area contributed by atoms with Gasteiger partial charge in [0.1, 0.15) is 11.4 Å². The second-order valence-corrected chi connectivity index (χ2v) is 9.02. The van der Waals surface area contributed by atoms with Crippen LogP contribution in [0.1, 0.15) is 25.7 Å². The fourth-order valence-electron chi connectivity index (χ4n) is 3.29. The minimum Gasteiger partial charge on any atom is -0.588 e. The lowest BCUT2D eigenvalue weighted by Gasteiger charge is -2.37. The van der Waals surface area contributed by atoms with Gasteiger partial charge in [0, 0.05) is 35.8 Å². The van der Waals surface area contributed by atoms with Gasteiger partial charge in [0.15, 0.2) is 5.82 Å². The largest absolute Gasteiger partial charge is 0.588 e. The summed E-state index contributed by atoms with van der Waals surface area (Å²) in [7, 11) is 4.12. The van der Waals surface area contributed by atoms with Crippen molar-refractivity contribution in [3.05, 3.63) is 34.5 Å². The van der Waals surface area contributed by atoms with E-state index < -0.39 is 17.2 Å². The SMILES string of the molecule is CN(C)[C@H]1CCCC[C@@H]1Nc1cc(F)c([S+]([O-])Nc2nccs2)cc1Cl. The molecular weight excluding hydrogens is 395 g/mol. The number of likely N-dealkylation sites (N-methyl/N-ethyl adjacent to an activating group) is 1. The molecule has 1 aliphatic carbocycles. The summed E-state index contributed by atoms with van der Waals surface area (Å²) in [6, 6.07) is 3.34. The van der Waals surface area contributed by atoms with Crippen molar-refractivity contribution in [2.24, 2.45) is 0 Å². The minimum atomic E-state index is -1.76. The fraction of sp³-hybridized carbons (Fsp3) is 0.471. The quantitative estimate of drug-likeness (QED) is 0.685. The first kappa shape index (κ1) is 19.7. The Labute approximate surface area is 165 Å². The monoisotopic (exact) mass is 416 g/mol. The number of hydrogen-bond donors (Lipinski definition) is 2. The van der Waals surface area contributed by atoms with Crippen LogP contribution in [0.15, 0.2) is 28.6 Å². The van der Waals surface area contributed by atoms with Gasteiger partial charge < -0.3 is 14.8 Å². The first-order valence-electron chi connectivity index (χ1n) is 8.45. The molecule has 0 amide bonds. The molecule has 0 spiro atoms. The highest BCUT2D eigenvalue weighted by atomic mass is 35.5. The summed E-state index contributed by atoms with van der Waals surface area (Å²) in [4.78, 5) is 6.21. The van der Waals surface area contributed by atoms with Crippen LogP contribution in [0.25, 0.3) is 0 Å². The Balaban J connectivity index is 1.76. The molecule has 1 unspecified atom stereocenters. The van der Waals surface area contributed by atoms with Crippen LogP contribution in [-0.2, 0) is 11.4 Å². The summed E-state index contributed by atoms with van der Waals surface area (Å²) < 4.78 is 29.6. The highest BCUT2D eigenvalue weighted by molar-refractivity contribution is 7.93. The third-order valence-corrected chi connectivity index (χ3v) is 6.79. The van der Waals surface area contributed by atoms with Crippen LogP contribution < -0.4 is 10.0 Å². The Morgan fingerprint density at radius 2 is 2.12 bits per heavy atom. The van der Waals surface area contributed by atoms with E-state index in [1.165, 1.54) is 29.9 Å². The second kappa shape index (κ2) is 8.75. The molecule has 1 aliphatic rings. The molecule has 1 saturated carbocycles. The number of anilines is 2. The predicted octanol–water partition coefficient (Wildman–Crippen LogP) is 4.36. The van der Waals surface area contributed by atoms with E-state index >= 15 is 0 Å². The first-order valence-corrected chi connectivity index (χ1v) is 10.9. The molecule has 9 heteroatoms. The lowest BCUT2D eigenvalue weighted by molar-refractivity contribution is 0.211. The molecule has 0 radical (unpaired) electrons. The van der Waals surface area contributed by atoms with E-state index in [4.69, 9.17) is 11.6 Å². The number of rotatable bonds is 6. The maximum Gasteiger partial charge on any atom is 0.226 e. The summed E-state index contributed by atoms with van der Waals surface area (Å²) >= 11 is 5.89. The molecule has 1 fully saturated rings. The smallest absolute Gasteiger partial charge is 0.226 e. The molecule has 1 heterocycles. The van der Waals surface area contributed by atoms with E-state index in [0.717, 1.165) is 19.3 Å². The summed E-state index contributed by atoms with van der Waals surface area (Å²) in [5.41, 5.74) is 0.540. The van der Waals surface area contributed by atoms with Gasteiger partial charge in [-0.2, -0.15) is 4.72 Å². The maximum atomic E-state index is 14.6. The van der Waals surface area contributed by atoms with Gasteiger partial charge in [-0.3, -0.25) is 0 Å². The number of benzene rings is 1. The molecule has 0 aliphatic heterocycles. The summed E-state index contributed by atoms with van der Waals surface area (Å²) in [5.74, 6) is -0.559. The van der Waals surface area contributed by atoms with Crippen molar-refractivity contribution in [3.63, 3.8) is 0 Å². The standard InChI is InChI=1S/C17H22ClFN4OS2/c1-23(2)15-6-4-3-5-13(15)21-14-10-12(19)16(9-11(14)18)26(24)22-17-20-7-8-25-17/h7-10,13,15,21H,3-6H2,1-2H3,(H,20,22)/t13-,15-,26?/m0/s1. The van der Waals surface area contributed by atoms with E-state index in [0.29, 0.717) is 21.9 Å². The van der Waals surface area contributed by atoms with Gasteiger partial charge in [0.25, 0.3) is 0 Å². The van der Waals surface area contributed by atoms with Gasteiger partial charge >= 0.3 is 0 Å². The van der Waals surface area contributed by atoms with Crippen LogP contribution in [0.3, 0.4) is 0 Å².